The SMILES string of the molecule is CC(C)c1ccc(C(=O)O)c(C#N)c1. The summed E-state index contributed by atoms with van der Waals surface area (Å²) in [7, 11) is 0. The van der Waals surface area contributed by atoms with Crippen LogP contribution in [-0.2, 0) is 0 Å². The van der Waals surface area contributed by atoms with E-state index in [1.54, 1.807) is 12.1 Å². The van der Waals surface area contributed by atoms with Crippen LogP contribution in [0.15, 0.2) is 18.2 Å². The third kappa shape index (κ3) is 1.91. The number of carboxylic acids is 1. The average molecular weight is 189 g/mol. The molecule has 1 rings (SSSR count). The Morgan fingerprint density at radius 1 is 1.50 bits per heavy atom. The van der Waals surface area contributed by atoms with E-state index in [0.29, 0.717) is 5.92 Å². The van der Waals surface area contributed by atoms with Crippen LogP contribution >= 0.6 is 0 Å². The Morgan fingerprint density at radius 2 is 2.14 bits per heavy atom. The second kappa shape index (κ2) is 3.93. The molecule has 0 radical (unpaired) electrons. The topological polar surface area (TPSA) is 61.1 Å². The Kier molecular flexibility index (Phi) is 2.88. The molecular weight excluding hydrogens is 178 g/mol. The van der Waals surface area contributed by atoms with Crippen molar-refractivity contribution in [3.8, 4) is 6.07 Å². The van der Waals surface area contributed by atoms with Crippen molar-refractivity contribution in [1.82, 2.24) is 0 Å². The van der Waals surface area contributed by atoms with Crippen LogP contribution in [0.2, 0.25) is 0 Å². The van der Waals surface area contributed by atoms with Crippen molar-refractivity contribution in [2.75, 3.05) is 0 Å². The third-order valence-electron chi connectivity index (χ3n) is 2.06. The number of hydrogen-bond donors (Lipinski definition) is 1. The molecule has 0 aromatic heterocycles. The number of benzene rings is 1. The lowest BCUT2D eigenvalue weighted by Crippen LogP contribution is -2.01. The molecule has 0 saturated carbocycles. The molecule has 0 heterocycles. The van der Waals surface area contributed by atoms with Crippen LogP contribution in [0.5, 0.6) is 0 Å². The summed E-state index contributed by atoms with van der Waals surface area (Å²) < 4.78 is 0. The zero-order valence-electron chi connectivity index (χ0n) is 8.11. The first-order valence-electron chi connectivity index (χ1n) is 4.33. The quantitative estimate of drug-likeness (QED) is 0.776. The Balaban J connectivity index is 3.27. The lowest BCUT2D eigenvalue weighted by Gasteiger charge is -2.06. The zero-order valence-corrected chi connectivity index (χ0v) is 8.11. The van der Waals surface area contributed by atoms with Gasteiger partial charge in [-0.25, -0.2) is 4.79 Å². The van der Waals surface area contributed by atoms with Gasteiger partial charge in [-0.05, 0) is 23.6 Å². The van der Waals surface area contributed by atoms with Gasteiger partial charge in [-0.3, -0.25) is 0 Å². The number of nitrogens with zero attached hydrogens (tertiary/aromatic N) is 1. The normalized spacial score (nSPS) is 9.86. The average Bonchev–Trinajstić information content (AvgIpc) is 2.16. The molecule has 0 aliphatic rings. The van der Waals surface area contributed by atoms with Gasteiger partial charge in [0.05, 0.1) is 11.1 Å². The first-order chi connectivity index (χ1) is 6.56. The molecule has 0 saturated heterocycles. The fraction of sp³-hybridized carbons (Fsp3) is 0.273. The van der Waals surface area contributed by atoms with Gasteiger partial charge in [0.2, 0.25) is 0 Å². The van der Waals surface area contributed by atoms with Gasteiger partial charge in [0.25, 0.3) is 0 Å². The van der Waals surface area contributed by atoms with Crippen LogP contribution < -0.4 is 0 Å². The molecule has 0 unspecified atom stereocenters. The van der Waals surface area contributed by atoms with Gasteiger partial charge in [-0.1, -0.05) is 19.9 Å². The van der Waals surface area contributed by atoms with Crippen LogP contribution in [-0.4, -0.2) is 11.1 Å². The summed E-state index contributed by atoms with van der Waals surface area (Å²) in [6, 6.07) is 6.75. The number of nitriles is 1. The number of carbonyl (C=O) groups is 1. The van der Waals surface area contributed by atoms with E-state index in [1.807, 2.05) is 19.9 Å². The molecule has 1 aromatic carbocycles. The fourth-order valence-corrected chi connectivity index (χ4v) is 1.20. The highest BCUT2D eigenvalue weighted by Crippen LogP contribution is 2.18. The summed E-state index contributed by atoms with van der Waals surface area (Å²) >= 11 is 0. The van der Waals surface area contributed by atoms with Crippen molar-refractivity contribution in [3.63, 3.8) is 0 Å². The van der Waals surface area contributed by atoms with E-state index in [-0.39, 0.29) is 11.1 Å². The van der Waals surface area contributed by atoms with E-state index in [1.165, 1.54) is 6.07 Å². The van der Waals surface area contributed by atoms with E-state index >= 15 is 0 Å². The zero-order chi connectivity index (χ0) is 10.7. The Morgan fingerprint density at radius 3 is 2.57 bits per heavy atom. The highest BCUT2D eigenvalue weighted by Gasteiger charge is 2.11. The van der Waals surface area contributed by atoms with Crippen LogP contribution in [0, 0.1) is 11.3 Å². The largest absolute Gasteiger partial charge is 0.478 e. The molecule has 0 amide bonds. The first-order valence-corrected chi connectivity index (χ1v) is 4.33. The minimum Gasteiger partial charge on any atom is -0.478 e. The predicted octanol–water partition coefficient (Wildman–Crippen LogP) is 2.38. The van der Waals surface area contributed by atoms with E-state index in [0.717, 1.165) is 5.56 Å². The van der Waals surface area contributed by atoms with E-state index < -0.39 is 5.97 Å². The van der Waals surface area contributed by atoms with Gasteiger partial charge in [0, 0.05) is 0 Å². The van der Waals surface area contributed by atoms with Crippen LogP contribution in [0.3, 0.4) is 0 Å². The van der Waals surface area contributed by atoms with Crippen LogP contribution in [0.4, 0.5) is 0 Å². The standard InChI is InChI=1S/C11H11NO2/c1-7(2)8-3-4-10(11(13)14)9(5-8)6-12/h3-5,7H,1-2H3,(H,13,14). The van der Waals surface area contributed by atoms with Gasteiger partial charge >= 0.3 is 5.97 Å². The summed E-state index contributed by atoms with van der Waals surface area (Å²) in [5, 5.41) is 17.5. The third-order valence-corrected chi connectivity index (χ3v) is 2.06. The summed E-state index contributed by atoms with van der Waals surface area (Å²) in [5.74, 6) is -0.762. The van der Waals surface area contributed by atoms with Crippen molar-refractivity contribution >= 4 is 5.97 Å². The fourth-order valence-electron chi connectivity index (χ4n) is 1.20. The predicted molar refractivity (Wildman–Crippen MR) is 52.2 cm³/mol. The van der Waals surface area contributed by atoms with Crippen LogP contribution in [0.25, 0.3) is 0 Å². The van der Waals surface area contributed by atoms with Gasteiger partial charge in [-0.2, -0.15) is 5.26 Å². The smallest absolute Gasteiger partial charge is 0.337 e. The summed E-state index contributed by atoms with van der Waals surface area (Å²) in [6.07, 6.45) is 0. The summed E-state index contributed by atoms with van der Waals surface area (Å²) in [4.78, 5) is 10.7. The van der Waals surface area contributed by atoms with Crippen LogP contribution in [0.1, 0.15) is 41.3 Å². The number of carboxylic acid groups (broad SMARTS) is 1. The first kappa shape index (κ1) is 10.3. The van der Waals surface area contributed by atoms with E-state index in [4.69, 9.17) is 10.4 Å². The highest BCUT2D eigenvalue weighted by molar-refractivity contribution is 5.90. The molecule has 14 heavy (non-hydrogen) atoms. The molecule has 1 aromatic rings. The lowest BCUT2D eigenvalue weighted by molar-refractivity contribution is 0.0696. The molecule has 0 aliphatic carbocycles. The van der Waals surface area contributed by atoms with Gasteiger partial charge < -0.3 is 5.11 Å². The maximum absolute atomic E-state index is 10.7. The van der Waals surface area contributed by atoms with E-state index in [2.05, 4.69) is 0 Å². The second-order valence-electron chi connectivity index (χ2n) is 3.38. The maximum atomic E-state index is 10.7. The molecule has 0 aliphatic heterocycles. The number of hydrogen-bond acceptors (Lipinski definition) is 2. The van der Waals surface area contributed by atoms with Crippen molar-refractivity contribution in [2.24, 2.45) is 0 Å². The second-order valence-corrected chi connectivity index (χ2v) is 3.38. The van der Waals surface area contributed by atoms with Gasteiger partial charge in [0.15, 0.2) is 0 Å². The molecule has 0 atom stereocenters. The summed E-state index contributed by atoms with van der Waals surface area (Å²) in [5.41, 5.74) is 1.27. The van der Waals surface area contributed by atoms with Gasteiger partial charge in [-0.15, -0.1) is 0 Å². The summed E-state index contributed by atoms with van der Waals surface area (Å²) in [6.45, 7) is 3.99. The minimum atomic E-state index is -1.06. The van der Waals surface area contributed by atoms with Gasteiger partial charge in [0.1, 0.15) is 6.07 Å². The molecule has 1 N–H and O–H groups in total. The maximum Gasteiger partial charge on any atom is 0.337 e. The molecule has 0 bridgehead atoms. The molecule has 3 heteroatoms. The molecule has 0 fully saturated rings. The lowest BCUT2D eigenvalue weighted by atomic mass is 9.98. The molecule has 0 spiro atoms. The van der Waals surface area contributed by atoms with Crippen molar-refractivity contribution in [2.45, 2.75) is 19.8 Å². The number of rotatable bonds is 2. The number of aromatic carboxylic acids is 1. The minimum absolute atomic E-state index is 0.0666. The monoisotopic (exact) mass is 189 g/mol. The Hall–Kier alpha value is -1.82. The molecule has 3 nitrogen and oxygen atoms in total. The molecular formula is C11H11NO2. The van der Waals surface area contributed by atoms with Crippen molar-refractivity contribution in [3.05, 3.63) is 34.9 Å². The Labute approximate surface area is 82.6 Å². The Bertz CT molecular complexity index is 402. The highest BCUT2D eigenvalue weighted by atomic mass is 16.4. The van der Waals surface area contributed by atoms with E-state index in [9.17, 15) is 4.79 Å². The van der Waals surface area contributed by atoms with Crippen molar-refractivity contribution in [1.29, 1.82) is 5.26 Å². The van der Waals surface area contributed by atoms with Crippen molar-refractivity contribution < 1.29 is 9.90 Å². The molecule has 72 valence electrons.